The standard InChI is InChI=1S/C21H24N4O/c1-14-9-10-16(12-15(14)2)22-17-6-5-11-25(13-17)21(26)20-18-7-3-4-8-19(18)23-24-20/h3-4,7-10,12,17,22H,5-6,11,13H2,1-2H3,(H,23,24). The van der Waals surface area contributed by atoms with Gasteiger partial charge in [-0.25, -0.2) is 0 Å². The minimum Gasteiger partial charge on any atom is -0.381 e. The Morgan fingerprint density at radius 1 is 1.19 bits per heavy atom. The summed E-state index contributed by atoms with van der Waals surface area (Å²) in [5.74, 6) is 0.00837. The number of hydrogen-bond donors (Lipinski definition) is 2. The summed E-state index contributed by atoms with van der Waals surface area (Å²) in [7, 11) is 0. The summed E-state index contributed by atoms with van der Waals surface area (Å²) in [6.07, 6.45) is 2.06. The molecule has 1 aliphatic rings. The molecule has 0 bridgehead atoms. The van der Waals surface area contributed by atoms with Crippen LogP contribution in [0, 0.1) is 13.8 Å². The molecule has 4 rings (SSSR count). The Kier molecular flexibility index (Phi) is 4.37. The molecule has 5 nitrogen and oxygen atoms in total. The van der Waals surface area contributed by atoms with E-state index in [1.54, 1.807) is 0 Å². The van der Waals surface area contributed by atoms with Crippen LogP contribution in [0.2, 0.25) is 0 Å². The van der Waals surface area contributed by atoms with Gasteiger partial charge in [-0.15, -0.1) is 0 Å². The second kappa shape index (κ2) is 6.83. The first-order valence-electron chi connectivity index (χ1n) is 9.18. The van der Waals surface area contributed by atoms with E-state index in [-0.39, 0.29) is 11.9 Å². The van der Waals surface area contributed by atoms with Gasteiger partial charge in [0.2, 0.25) is 0 Å². The van der Waals surface area contributed by atoms with Crippen LogP contribution in [0.4, 0.5) is 5.69 Å². The summed E-state index contributed by atoms with van der Waals surface area (Å²) in [6.45, 7) is 5.73. The van der Waals surface area contributed by atoms with Gasteiger partial charge in [-0.3, -0.25) is 9.89 Å². The predicted molar refractivity (Wildman–Crippen MR) is 105 cm³/mol. The van der Waals surface area contributed by atoms with E-state index in [0.717, 1.165) is 36.0 Å². The van der Waals surface area contributed by atoms with Crippen LogP contribution in [0.15, 0.2) is 42.5 Å². The number of hydrogen-bond acceptors (Lipinski definition) is 3. The minimum absolute atomic E-state index is 0.00837. The first kappa shape index (κ1) is 16.6. The topological polar surface area (TPSA) is 61.0 Å². The third-order valence-corrected chi connectivity index (χ3v) is 5.26. The lowest BCUT2D eigenvalue weighted by Gasteiger charge is -2.33. The number of para-hydroxylation sites is 1. The molecule has 2 N–H and O–H groups in total. The van der Waals surface area contributed by atoms with Gasteiger partial charge in [0.05, 0.1) is 5.52 Å². The number of piperidine rings is 1. The average molecular weight is 348 g/mol. The number of benzene rings is 2. The van der Waals surface area contributed by atoms with E-state index in [1.807, 2.05) is 29.2 Å². The van der Waals surface area contributed by atoms with Gasteiger partial charge in [-0.05, 0) is 56.0 Å². The number of H-pyrrole nitrogens is 1. The maximum Gasteiger partial charge on any atom is 0.275 e. The number of aromatic amines is 1. The zero-order chi connectivity index (χ0) is 18.1. The van der Waals surface area contributed by atoms with Gasteiger partial charge in [0.15, 0.2) is 5.69 Å². The fraction of sp³-hybridized carbons (Fsp3) is 0.333. The van der Waals surface area contributed by atoms with Crippen LogP contribution < -0.4 is 5.32 Å². The van der Waals surface area contributed by atoms with Crippen molar-refractivity contribution in [2.24, 2.45) is 0 Å². The van der Waals surface area contributed by atoms with Gasteiger partial charge in [0.1, 0.15) is 0 Å². The van der Waals surface area contributed by atoms with Crippen molar-refractivity contribution in [3.63, 3.8) is 0 Å². The minimum atomic E-state index is 0.00837. The van der Waals surface area contributed by atoms with Crippen LogP contribution in [-0.4, -0.2) is 40.1 Å². The van der Waals surface area contributed by atoms with Crippen LogP contribution in [0.5, 0.6) is 0 Å². The smallest absolute Gasteiger partial charge is 0.275 e. The van der Waals surface area contributed by atoms with Gasteiger partial charge >= 0.3 is 0 Å². The number of aryl methyl sites for hydroxylation is 2. The van der Waals surface area contributed by atoms with Crippen molar-refractivity contribution in [3.8, 4) is 0 Å². The van der Waals surface area contributed by atoms with Crippen molar-refractivity contribution in [3.05, 3.63) is 59.3 Å². The van der Waals surface area contributed by atoms with Crippen molar-refractivity contribution in [2.45, 2.75) is 32.7 Å². The zero-order valence-electron chi connectivity index (χ0n) is 15.2. The fourth-order valence-corrected chi connectivity index (χ4v) is 3.62. The summed E-state index contributed by atoms with van der Waals surface area (Å²) in [4.78, 5) is 14.9. The quantitative estimate of drug-likeness (QED) is 0.755. The van der Waals surface area contributed by atoms with Crippen LogP contribution in [-0.2, 0) is 0 Å². The number of likely N-dealkylation sites (tertiary alicyclic amines) is 1. The number of aromatic nitrogens is 2. The molecule has 1 unspecified atom stereocenters. The third kappa shape index (κ3) is 3.17. The van der Waals surface area contributed by atoms with Crippen LogP contribution in [0.3, 0.4) is 0 Å². The normalized spacial score (nSPS) is 17.5. The molecule has 1 atom stereocenters. The second-order valence-corrected chi connectivity index (χ2v) is 7.15. The Morgan fingerprint density at radius 2 is 2.04 bits per heavy atom. The van der Waals surface area contributed by atoms with Crippen molar-refractivity contribution >= 4 is 22.5 Å². The van der Waals surface area contributed by atoms with E-state index in [1.165, 1.54) is 11.1 Å². The summed E-state index contributed by atoms with van der Waals surface area (Å²) < 4.78 is 0. The zero-order valence-corrected chi connectivity index (χ0v) is 15.2. The molecule has 1 amide bonds. The molecule has 1 fully saturated rings. The van der Waals surface area contributed by atoms with Gasteiger partial charge in [0.25, 0.3) is 5.91 Å². The molecule has 5 heteroatoms. The Hall–Kier alpha value is -2.82. The number of rotatable bonds is 3. The largest absolute Gasteiger partial charge is 0.381 e. The molecular formula is C21H24N4O. The average Bonchev–Trinajstić information content (AvgIpc) is 3.08. The number of nitrogens with one attached hydrogen (secondary N) is 2. The predicted octanol–water partition coefficient (Wildman–Crippen LogP) is 3.90. The summed E-state index contributed by atoms with van der Waals surface area (Å²) >= 11 is 0. The first-order valence-corrected chi connectivity index (χ1v) is 9.18. The van der Waals surface area contributed by atoms with Gasteiger partial charge in [-0.1, -0.05) is 24.3 Å². The molecule has 26 heavy (non-hydrogen) atoms. The molecule has 2 aromatic carbocycles. The SMILES string of the molecule is Cc1ccc(NC2CCCN(C(=O)c3n[nH]c4ccccc34)C2)cc1C. The number of carbonyl (C=O) groups is 1. The lowest BCUT2D eigenvalue weighted by atomic mass is 10.0. The van der Waals surface area contributed by atoms with Gasteiger partial charge < -0.3 is 10.2 Å². The lowest BCUT2D eigenvalue weighted by molar-refractivity contribution is 0.0711. The number of amides is 1. The van der Waals surface area contributed by atoms with Crippen LogP contribution in [0.1, 0.15) is 34.5 Å². The molecule has 134 valence electrons. The van der Waals surface area contributed by atoms with E-state index in [2.05, 4.69) is 47.6 Å². The Balaban J connectivity index is 1.49. The van der Waals surface area contributed by atoms with Crippen molar-refractivity contribution in [2.75, 3.05) is 18.4 Å². The molecule has 0 aliphatic carbocycles. The summed E-state index contributed by atoms with van der Waals surface area (Å²) in [5.41, 5.74) is 5.12. The van der Waals surface area contributed by atoms with Crippen molar-refractivity contribution in [1.82, 2.24) is 15.1 Å². The highest BCUT2D eigenvalue weighted by Crippen LogP contribution is 2.22. The molecule has 2 heterocycles. The molecular weight excluding hydrogens is 324 g/mol. The molecule has 1 aliphatic heterocycles. The van der Waals surface area contributed by atoms with E-state index >= 15 is 0 Å². The van der Waals surface area contributed by atoms with E-state index < -0.39 is 0 Å². The van der Waals surface area contributed by atoms with Gasteiger partial charge in [-0.2, -0.15) is 5.10 Å². The fourth-order valence-electron chi connectivity index (χ4n) is 3.62. The Morgan fingerprint density at radius 3 is 2.88 bits per heavy atom. The Labute approximate surface area is 153 Å². The Bertz CT molecular complexity index is 946. The van der Waals surface area contributed by atoms with Crippen LogP contribution >= 0.6 is 0 Å². The number of nitrogens with zero attached hydrogens (tertiary/aromatic N) is 2. The molecule has 0 radical (unpaired) electrons. The highest BCUT2D eigenvalue weighted by molar-refractivity contribution is 6.04. The monoisotopic (exact) mass is 348 g/mol. The van der Waals surface area contributed by atoms with E-state index in [9.17, 15) is 4.79 Å². The van der Waals surface area contributed by atoms with E-state index in [0.29, 0.717) is 12.2 Å². The number of fused-ring (bicyclic) bond motifs is 1. The van der Waals surface area contributed by atoms with Gasteiger partial charge in [0, 0.05) is 30.2 Å². The molecule has 0 saturated carbocycles. The summed E-state index contributed by atoms with van der Waals surface area (Å²) in [6, 6.07) is 14.5. The third-order valence-electron chi connectivity index (χ3n) is 5.26. The van der Waals surface area contributed by atoms with E-state index in [4.69, 9.17) is 0 Å². The second-order valence-electron chi connectivity index (χ2n) is 7.15. The lowest BCUT2D eigenvalue weighted by Crippen LogP contribution is -2.45. The highest BCUT2D eigenvalue weighted by atomic mass is 16.2. The highest BCUT2D eigenvalue weighted by Gasteiger charge is 2.27. The maximum atomic E-state index is 13.0. The molecule has 0 spiro atoms. The molecule has 3 aromatic rings. The molecule has 1 aromatic heterocycles. The van der Waals surface area contributed by atoms with Crippen LogP contribution in [0.25, 0.3) is 10.9 Å². The van der Waals surface area contributed by atoms with Crippen molar-refractivity contribution < 1.29 is 4.79 Å². The number of carbonyl (C=O) groups excluding carboxylic acids is 1. The van der Waals surface area contributed by atoms with Crippen molar-refractivity contribution in [1.29, 1.82) is 0 Å². The first-order chi connectivity index (χ1) is 12.6. The number of anilines is 1. The molecule has 1 saturated heterocycles. The summed E-state index contributed by atoms with van der Waals surface area (Å²) in [5, 5.41) is 11.7. The maximum absolute atomic E-state index is 13.0.